The zero-order valence-corrected chi connectivity index (χ0v) is 12.5. The van der Waals surface area contributed by atoms with Crippen LogP contribution in [-0.2, 0) is 4.74 Å². The summed E-state index contributed by atoms with van der Waals surface area (Å²) < 4.78 is 5.24. The average Bonchev–Trinajstić information content (AvgIpc) is 2.36. The Balaban J connectivity index is 2.05. The van der Waals surface area contributed by atoms with Gasteiger partial charge in [-0.1, -0.05) is 17.7 Å². The van der Waals surface area contributed by atoms with Crippen molar-refractivity contribution < 1.29 is 14.6 Å². The average molecular weight is 277 g/mol. The summed E-state index contributed by atoms with van der Waals surface area (Å²) in [4.78, 5) is 12.3. The molecule has 110 valence electrons. The molecular formula is C16H23NO3. The first-order valence-electron chi connectivity index (χ1n) is 7.07. The SMILES string of the molecule is Cc1cc(C)c(C(=O)NCC2(O)CCOCC2)c(C)c1. The zero-order valence-electron chi connectivity index (χ0n) is 12.5. The second kappa shape index (κ2) is 5.94. The van der Waals surface area contributed by atoms with E-state index in [0.717, 1.165) is 16.7 Å². The molecule has 1 saturated heterocycles. The highest BCUT2D eigenvalue weighted by atomic mass is 16.5. The van der Waals surface area contributed by atoms with Gasteiger partial charge in [-0.25, -0.2) is 0 Å². The Bertz CT molecular complexity index is 481. The molecular weight excluding hydrogens is 254 g/mol. The minimum Gasteiger partial charge on any atom is -0.388 e. The number of rotatable bonds is 3. The molecule has 0 saturated carbocycles. The molecule has 1 amide bonds. The van der Waals surface area contributed by atoms with Gasteiger partial charge in [-0.2, -0.15) is 0 Å². The lowest BCUT2D eigenvalue weighted by Crippen LogP contribution is -2.46. The highest BCUT2D eigenvalue weighted by Gasteiger charge is 2.30. The number of aliphatic hydroxyl groups is 1. The fourth-order valence-electron chi connectivity index (χ4n) is 2.80. The van der Waals surface area contributed by atoms with Crippen LogP contribution in [0, 0.1) is 20.8 Å². The summed E-state index contributed by atoms with van der Waals surface area (Å²) in [5, 5.41) is 13.2. The van der Waals surface area contributed by atoms with Gasteiger partial charge in [0.1, 0.15) is 0 Å². The quantitative estimate of drug-likeness (QED) is 0.887. The summed E-state index contributed by atoms with van der Waals surface area (Å²) in [5.41, 5.74) is 2.98. The lowest BCUT2D eigenvalue weighted by Gasteiger charge is -2.32. The van der Waals surface area contributed by atoms with Crippen LogP contribution in [0.1, 0.15) is 39.9 Å². The number of hydrogen-bond donors (Lipinski definition) is 2. The highest BCUT2D eigenvalue weighted by molar-refractivity contribution is 5.97. The van der Waals surface area contributed by atoms with Gasteiger partial charge in [0, 0.05) is 38.2 Å². The van der Waals surface area contributed by atoms with E-state index >= 15 is 0 Å². The molecule has 0 atom stereocenters. The van der Waals surface area contributed by atoms with Crippen LogP contribution >= 0.6 is 0 Å². The van der Waals surface area contributed by atoms with Crippen molar-refractivity contribution in [2.24, 2.45) is 0 Å². The van der Waals surface area contributed by atoms with Crippen molar-refractivity contribution in [3.8, 4) is 0 Å². The van der Waals surface area contributed by atoms with Crippen molar-refractivity contribution in [2.75, 3.05) is 19.8 Å². The summed E-state index contributed by atoms with van der Waals surface area (Å²) in [6.45, 7) is 7.29. The molecule has 4 heteroatoms. The molecule has 1 aliphatic heterocycles. The van der Waals surface area contributed by atoms with Gasteiger partial charge in [-0.15, -0.1) is 0 Å². The third-order valence-electron chi connectivity index (χ3n) is 3.91. The maximum atomic E-state index is 12.3. The van der Waals surface area contributed by atoms with E-state index in [1.165, 1.54) is 0 Å². The van der Waals surface area contributed by atoms with Crippen molar-refractivity contribution in [3.63, 3.8) is 0 Å². The Hall–Kier alpha value is -1.39. The third-order valence-corrected chi connectivity index (χ3v) is 3.91. The molecule has 1 heterocycles. The summed E-state index contributed by atoms with van der Waals surface area (Å²) in [6, 6.07) is 4.01. The van der Waals surface area contributed by atoms with Crippen molar-refractivity contribution in [1.29, 1.82) is 0 Å². The Morgan fingerprint density at radius 2 is 1.80 bits per heavy atom. The number of ether oxygens (including phenoxy) is 1. The van der Waals surface area contributed by atoms with Gasteiger partial charge >= 0.3 is 0 Å². The van der Waals surface area contributed by atoms with Gasteiger partial charge in [0.25, 0.3) is 5.91 Å². The standard InChI is InChI=1S/C16H23NO3/c1-11-8-12(2)14(13(3)9-11)15(18)17-10-16(19)4-6-20-7-5-16/h8-9,19H,4-7,10H2,1-3H3,(H,17,18). The van der Waals surface area contributed by atoms with Crippen molar-refractivity contribution in [1.82, 2.24) is 5.32 Å². The number of hydrogen-bond acceptors (Lipinski definition) is 3. The van der Waals surface area contributed by atoms with Crippen molar-refractivity contribution in [2.45, 2.75) is 39.2 Å². The zero-order chi connectivity index (χ0) is 14.8. The smallest absolute Gasteiger partial charge is 0.251 e. The van der Waals surface area contributed by atoms with E-state index in [0.29, 0.717) is 31.6 Å². The van der Waals surface area contributed by atoms with Crippen LogP contribution in [0.3, 0.4) is 0 Å². The maximum Gasteiger partial charge on any atom is 0.251 e. The van der Waals surface area contributed by atoms with E-state index in [2.05, 4.69) is 5.32 Å². The van der Waals surface area contributed by atoms with Gasteiger partial charge in [0.2, 0.25) is 0 Å². The molecule has 20 heavy (non-hydrogen) atoms. The number of aryl methyl sites for hydroxylation is 3. The first-order valence-corrected chi connectivity index (χ1v) is 7.07. The maximum absolute atomic E-state index is 12.3. The molecule has 0 aromatic heterocycles. The lowest BCUT2D eigenvalue weighted by atomic mass is 9.94. The number of nitrogens with one attached hydrogen (secondary N) is 1. The van der Waals surface area contributed by atoms with Crippen molar-refractivity contribution in [3.05, 3.63) is 34.4 Å². The number of carbonyl (C=O) groups is 1. The lowest BCUT2D eigenvalue weighted by molar-refractivity contribution is -0.0605. The van der Waals surface area contributed by atoms with Crippen LogP contribution < -0.4 is 5.32 Å². The monoisotopic (exact) mass is 277 g/mol. The largest absolute Gasteiger partial charge is 0.388 e. The molecule has 1 aromatic rings. The first kappa shape index (κ1) is 15.0. The highest BCUT2D eigenvalue weighted by Crippen LogP contribution is 2.20. The molecule has 2 rings (SSSR count). The fraction of sp³-hybridized carbons (Fsp3) is 0.562. The summed E-state index contributed by atoms with van der Waals surface area (Å²) in [5.74, 6) is -0.111. The Morgan fingerprint density at radius 1 is 1.25 bits per heavy atom. The molecule has 4 nitrogen and oxygen atoms in total. The van der Waals surface area contributed by atoms with Gasteiger partial charge in [0.15, 0.2) is 0 Å². The number of amides is 1. The fourth-order valence-corrected chi connectivity index (χ4v) is 2.80. The van der Waals surface area contributed by atoms with E-state index in [1.807, 2.05) is 32.9 Å². The van der Waals surface area contributed by atoms with Gasteiger partial charge in [-0.05, 0) is 31.9 Å². The van der Waals surface area contributed by atoms with E-state index in [-0.39, 0.29) is 12.5 Å². The molecule has 1 fully saturated rings. The second-order valence-electron chi connectivity index (χ2n) is 5.79. The molecule has 0 spiro atoms. The number of benzene rings is 1. The topological polar surface area (TPSA) is 58.6 Å². The molecule has 0 unspecified atom stereocenters. The Kier molecular flexibility index (Phi) is 4.45. The predicted molar refractivity (Wildman–Crippen MR) is 78.0 cm³/mol. The van der Waals surface area contributed by atoms with E-state index in [1.54, 1.807) is 0 Å². The minimum atomic E-state index is -0.833. The summed E-state index contributed by atoms with van der Waals surface area (Å²) in [6.07, 6.45) is 1.14. The summed E-state index contributed by atoms with van der Waals surface area (Å²) >= 11 is 0. The second-order valence-corrected chi connectivity index (χ2v) is 5.79. The molecule has 0 aliphatic carbocycles. The van der Waals surface area contributed by atoms with Crippen LogP contribution in [0.4, 0.5) is 0 Å². The van der Waals surface area contributed by atoms with Gasteiger partial charge in [-0.3, -0.25) is 4.79 Å². The van der Waals surface area contributed by atoms with Crippen LogP contribution in [0.15, 0.2) is 12.1 Å². The minimum absolute atomic E-state index is 0.111. The Labute approximate surface area is 120 Å². The van der Waals surface area contributed by atoms with E-state index in [4.69, 9.17) is 4.74 Å². The predicted octanol–water partition coefficient (Wildman–Crippen LogP) is 1.88. The van der Waals surface area contributed by atoms with Crippen LogP contribution in [0.5, 0.6) is 0 Å². The Morgan fingerprint density at radius 3 is 2.35 bits per heavy atom. The van der Waals surface area contributed by atoms with E-state index < -0.39 is 5.60 Å². The van der Waals surface area contributed by atoms with E-state index in [9.17, 15) is 9.90 Å². The third kappa shape index (κ3) is 3.38. The molecule has 0 radical (unpaired) electrons. The van der Waals surface area contributed by atoms with Crippen LogP contribution in [0.2, 0.25) is 0 Å². The first-order chi connectivity index (χ1) is 9.41. The molecule has 0 bridgehead atoms. The number of carbonyl (C=O) groups excluding carboxylic acids is 1. The van der Waals surface area contributed by atoms with Gasteiger partial charge < -0.3 is 15.2 Å². The van der Waals surface area contributed by atoms with Crippen molar-refractivity contribution >= 4 is 5.91 Å². The van der Waals surface area contributed by atoms with Crippen LogP contribution in [0.25, 0.3) is 0 Å². The normalized spacial score (nSPS) is 17.8. The molecule has 1 aromatic carbocycles. The molecule has 2 N–H and O–H groups in total. The summed E-state index contributed by atoms with van der Waals surface area (Å²) in [7, 11) is 0. The van der Waals surface area contributed by atoms with Gasteiger partial charge in [0.05, 0.1) is 5.60 Å². The van der Waals surface area contributed by atoms with Crippen LogP contribution in [-0.4, -0.2) is 36.4 Å². The molecule has 1 aliphatic rings.